The lowest BCUT2D eigenvalue weighted by atomic mass is 9.82. The van der Waals surface area contributed by atoms with Crippen LogP contribution in [0.5, 0.6) is 11.5 Å². The zero-order valence-corrected chi connectivity index (χ0v) is 12.6. The zero-order chi connectivity index (χ0) is 14.9. The number of aliphatic imine (C=N–C) groups is 1. The Labute approximate surface area is 125 Å². The van der Waals surface area contributed by atoms with Crippen LogP contribution in [0.15, 0.2) is 17.1 Å². The average molecular weight is 287 g/mol. The predicted molar refractivity (Wildman–Crippen MR) is 79.8 cm³/mol. The summed E-state index contributed by atoms with van der Waals surface area (Å²) < 4.78 is 11.4. The number of benzene rings is 1. The number of isocyanates is 1. The first-order valence-corrected chi connectivity index (χ1v) is 7.69. The third-order valence-electron chi connectivity index (χ3n) is 4.53. The molecule has 0 spiro atoms. The van der Waals surface area contributed by atoms with Crippen LogP contribution in [0.25, 0.3) is 0 Å². The molecule has 1 heterocycles. The van der Waals surface area contributed by atoms with E-state index in [1.165, 1.54) is 5.56 Å². The average Bonchev–Trinajstić information content (AvgIpc) is 2.96. The Bertz CT molecular complexity index is 582. The van der Waals surface area contributed by atoms with Gasteiger partial charge in [-0.25, -0.2) is 4.79 Å². The zero-order valence-electron chi connectivity index (χ0n) is 12.6. The van der Waals surface area contributed by atoms with Crippen molar-refractivity contribution in [3.63, 3.8) is 0 Å². The Morgan fingerprint density at radius 2 is 1.76 bits per heavy atom. The van der Waals surface area contributed by atoms with Crippen molar-refractivity contribution < 1.29 is 14.3 Å². The first kappa shape index (κ1) is 14.2. The minimum absolute atomic E-state index is 0.343. The molecule has 4 heteroatoms. The van der Waals surface area contributed by atoms with Crippen molar-refractivity contribution in [1.29, 1.82) is 0 Å². The molecule has 1 fully saturated rings. The van der Waals surface area contributed by atoms with E-state index in [0.717, 1.165) is 42.7 Å². The summed E-state index contributed by atoms with van der Waals surface area (Å²) in [5, 5.41) is 0. The molecule has 1 aromatic carbocycles. The van der Waals surface area contributed by atoms with Gasteiger partial charge in [0.25, 0.3) is 0 Å². The fourth-order valence-electron chi connectivity index (χ4n) is 3.47. The van der Waals surface area contributed by atoms with E-state index in [9.17, 15) is 4.79 Å². The van der Waals surface area contributed by atoms with E-state index in [1.54, 1.807) is 6.08 Å². The molecule has 0 amide bonds. The summed E-state index contributed by atoms with van der Waals surface area (Å²) >= 11 is 0. The van der Waals surface area contributed by atoms with E-state index in [0.29, 0.717) is 19.1 Å². The molecule has 1 aliphatic heterocycles. The third-order valence-corrected chi connectivity index (χ3v) is 4.53. The maximum atomic E-state index is 11.0. The molecule has 0 aromatic heterocycles. The minimum Gasteiger partial charge on any atom is -0.486 e. The van der Waals surface area contributed by atoms with Gasteiger partial charge in [-0.15, -0.1) is 0 Å². The van der Waals surface area contributed by atoms with Crippen LogP contribution >= 0.6 is 0 Å². The molecular formula is C17H21NO3. The van der Waals surface area contributed by atoms with Crippen molar-refractivity contribution in [2.24, 2.45) is 4.99 Å². The van der Waals surface area contributed by atoms with Gasteiger partial charge in [0.05, 0.1) is 5.54 Å². The highest BCUT2D eigenvalue weighted by Crippen LogP contribution is 2.48. The first-order chi connectivity index (χ1) is 10.2. The van der Waals surface area contributed by atoms with Gasteiger partial charge >= 0.3 is 0 Å². The first-order valence-electron chi connectivity index (χ1n) is 7.69. The van der Waals surface area contributed by atoms with Crippen molar-refractivity contribution in [2.45, 2.75) is 51.0 Å². The van der Waals surface area contributed by atoms with E-state index in [1.807, 2.05) is 6.07 Å². The van der Waals surface area contributed by atoms with Crippen LogP contribution < -0.4 is 9.47 Å². The van der Waals surface area contributed by atoms with Gasteiger partial charge in [-0.1, -0.05) is 26.7 Å². The molecule has 21 heavy (non-hydrogen) atoms. The predicted octanol–water partition coefficient (Wildman–Crippen LogP) is 3.69. The van der Waals surface area contributed by atoms with Crippen LogP contribution in [0.1, 0.15) is 56.6 Å². The van der Waals surface area contributed by atoms with Crippen molar-refractivity contribution >= 4 is 6.08 Å². The van der Waals surface area contributed by atoms with Crippen molar-refractivity contribution in [3.05, 3.63) is 23.3 Å². The Morgan fingerprint density at radius 3 is 2.33 bits per heavy atom. The molecule has 0 unspecified atom stereocenters. The highest BCUT2D eigenvalue weighted by Gasteiger charge is 2.38. The molecule has 0 bridgehead atoms. The summed E-state index contributed by atoms with van der Waals surface area (Å²) in [5.74, 6) is 1.92. The van der Waals surface area contributed by atoms with E-state index in [4.69, 9.17) is 9.47 Å². The van der Waals surface area contributed by atoms with Crippen molar-refractivity contribution in [3.8, 4) is 11.5 Å². The summed E-state index contributed by atoms with van der Waals surface area (Å²) in [6.07, 6.45) is 5.80. The summed E-state index contributed by atoms with van der Waals surface area (Å²) in [6, 6.07) is 4.10. The number of ether oxygens (including phenoxy) is 2. The van der Waals surface area contributed by atoms with Gasteiger partial charge < -0.3 is 9.47 Å². The molecular weight excluding hydrogens is 266 g/mol. The topological polar surface area (TPSA) is 47.9 Å². The highest BCUT2D eigenvalue weighted by molar-refractivity contribution is 5.53. The molecule has 3 rings (SSSR count). The monoisotopic (exact) mass is 287 g/mol. The number of fused-ring (bicyclic) bond motifs is 1. The fourth-order valence-corrected chi connectivity index (χ4v) is 3.47. The Hall–Kier alpha value is -1.80. The van der Waals surface area contributed by atoms with Crippen LogP contribution in [0, 0.1) is 0 Å². The lowest BCUT2D eigenvalue weighted by Gasteiger charge is -2.30. The summed E-state index contributed by atoms with van der Waals surface area (Å²) in [5.41, 5.74) is 1.89. The molecule has 0 saturated heterocycles. The van der Waals surface area contributed by atoms with Gasteiger partial charge in [0.2, 0.25) is 6.08 Å². The number of hydrogen-bond donors (Lipinski definition) is 0. The maximum Gasteiger partial charge on any atom is 0.235 e. The van der Waals surface area contributed by atoms with Gasteiger partial charge in [0.1, 0.15) is 13.2 Å². The number of nitrogens with zero attached hydrogens (tertiary/aromatic N) is 1. The second-order valence-electron chi connectivity index (χ2n) is 6.18. The molecule has 0 N–H and O–H groups in total. The van der Waals surface area contributed by atoms with Gasteiger partial charge in [-0.3, -0.25) is 0 Å². The number of rotatable bonds is 3. The minimum atomic E-state index is -0.419. The fraction of sp³-hybridized carbons (Fsp3) is 0.588. The molecule has 1 saturated carbocycles. The van der Waals surface area contributed by atoms with Crippen LogP contribution in [0.4, 0.5) is 0 Å². The van der Waals surface area contributed by atoms with Crippen LogP contribution in [0.3, 0.4) is 0 Å². The van der Waals surface area contributed by atoms with Gasteiger partial charge in [0, 0.05) is 0 Å². The summed E-state index contributed by atoms with van der Waals surface area (Å²) in [7, 11) is 0. The SMILES string of the molecule is CC(C)c1cc2c(cc1C1(N=C=O)CCCC1)OCCO2. The summed E-state index contributed by atoms with van der Waals surface area (Å²) in [4.78, 5) is 15.2. The molecule has 4 nitrogen and oxygen atoms in total. The normalized spacial score (nSPS) is 19.4. The Balaban J connectivity index is 2.17. The van der Waals surface area contributed by atoms with Crippen LogP contribution in [0.2, 0.25) is 0 Å². The molecule has 0 atom stereocenters. The molecule has 2 aliphatic rings. The largest absolute Gasteiger partial charge is 0.486 e. The lowest BCUT2D eigenvalue weighted by Crippen LogP contribution is -2.23. The van der Waals surface area contributed by atoms with Crippen molar-refractivity contribution in [1.82, 2.24) is 0 Å². The van der Waals surface area contributed by atoms with E-state index >= 15 is 0 Å². The van der Waals surface area contributed by atoms with Gasteiger partial charge in [-0.05, 0) is 42.0 Å². The second-order valence-corrected chi connectivity index (χ2v) is 6.18. The van der Waals surface area contributed by atoms with E-state index < -0.39 is 5.54 Å². The molecule has 1 aliphatic carbocycles. The van der Waals surface area contributed by atoms with E-state index in [-0.39, 0.29) is 0 Å². The molecule has 0 radical (unpaired) electrons. The maximum absolute atomic E-state index is 11.0. The van der Waals surface area contributed by atoms with Crippen LogP contribution in [-0.4, -0.2) is 19.3 Å². The quantitative estimate of drug-likeness (QED) is 0.629. The number of hydrogen-bond acceptors (Lipinski definition) is 4. The standard InChI is InChI=1S/C17H21NO3/c1-12(2)13-9-15-16(21-8-7-20-15)10-14(13)17(18-11-19)5-3-4-6-17/h9-10,12H,3-8H2,1-2H3. The smallest absolute Gasteiger partial charge is 0.235 e. The Morgan fingerprint density at radius 1 is 1.14 bits per heavy atom. The highest BCUT2D eigenvalue weighted by atomic mass is 16.6. The second kappa shape index (κ2) is 5.53. The van der Waals surface area contributed by atoms with Gasteiger partial charge in [0.15, 0.2) is 11.5 Å². The Kier molecular flexibility index (Phi) is 3.73. The lowest BCUT2D eigenvalue weighted by molar-refractivity contribution is 0.170. The molecule has 112 valence electrons. The number of carbonyl (C=O) groups excluding carboxylic acids is 1. The van der Waals surface area contributed by atoms with Gasteiger partial charge in [-0.2, -0.15) is 4.99 Å². The van der Waals surface area contributed by atoms with E-state index in [2.05, 4.69) is 24.9 Å². The summed E-state index contributed by atoms with van der Waals surface area (Å²) in [6.45, 7) is 5.46. The van der Waals surface area contributed by atoms with Crippen LogP contribution in [-0.2, 0) is 10.3 Å². The molecule has 1 aromatic rings. The third kappa shape index (κ3) is 2.44. The van der Waals surface area contributed by atoms with Crippen molar-refractivity contribution in [2.75, 3.05) is 13.2 Å².